The molecule has 108 valence electrons. The van der Waals surface area contributed by atoms with Gasteiger partial charge < -0.3 is 0 Å². The Kier molecular flexibility index (Phi) is 3.92. The zero-order valence-corrected chi connectivity index (χ0v) is 16.5. The van der Waals surface area contributed by atoms with Gasteiger partial charge in [-0.25, -0.2) is 0 Å². The average molecular weight is 380 g/mol. The van der Waals surface area contributed by atoms with E-state index in [0.717, 1.165) is 7.25 Å². The van der Waals surface area contributed by atoms with E-state index < -0.39 is 20.4 Å². The molecule has 2 aliphatic carbocycles. The van der Waals surface area contributed by atoms with Crippen molar-refractivity contribution >= 4 is 17.6 Å². The van der Waals surface area contributed by atoms with Crippen LogP contribution in [0.15, 0.2) is 60.7 Å². The average Bonchev–Trinajstić information content (AvgIpc) is 3.13. The van der Waals surface area contributed by atoms with E-state index in [0.29, 0.717) is 0 Å². The van der Waals surface area contributed by atoms with E-state index in [4.69, 9.17) is 0 Å². The van der Waals surface area contributed by atoms with Gasteiger partial charge in [0.1, 0.15) is 0 Å². The predicted octanol–water partition coefficient (Wildman–Crippen LogP) is 5.39. The van der Waals surface area contributed by atoms with E-state index in [1.54, 1.807) is 11.1 Å². The molecule has 0 N–H and O–H groups in total. The van der Waals surface area contributed by atoms with Gasteiger partial charge in [0.15, 0.2) is 0 Å². The van der Waals surface area contributed by atoms with Gasteiger partial charge in [0.25, 0.3) is 0 Å². The first-order chi connectivity index (χ1) is 10.8. The first-order valence-corrected chi connectivity index (χ1v) is 17.0. The van der Waals surface area contributed by atoms with E-state index in [2.05, 4.69) is 85.9 Å². The first-order valence-electron chi connectivity index (χ1n) is 7.97. The standard InChI is InChI=1S/2C9H7.C2H6Si.Zr/c2*1-2-5-9-7-3-6-8(9)4-1;1-3-2;/h2*1-7H;1-2H3;. The second kappa shape index (κ2) is 5.91. The van der Waals surface area contributed by atoms with Gasteiger partial charge in [0.2, 0.25) is 0 Å². The Bertz CT molecular complexity index is 762. The molecule has 4 rings (SSSR count). The summed E-state index contributed by atoms with van der Waals surface area (Å²) < 4.78 is 1.53. The summed E-state index contributed by atoms with van der Waals surface area (Å²) >= 11 is -1.65. The van der Waals surface area contributed by atoms with Crippen molar-refractivity contribution in [3.05, 3.63) is 82.9 Å². The molecule has 0 heterocycles. The summed E-state index contributed by atoms with van der Waals surface area (Å²) in [5, 5.41) is 0. The van der Waals surface area contributed by atoms with Crippen molar-refractivity contribution in [2.24, 2.45) is 0 Å². The molecule has 0 saturated heterocycles. The Morgan fingerprint density at radius 1 is 0.727 bits per heavy atom. The van der Waals surface area contributed by atoms with Gasteiger partial charge in [-0.15, -0.1) is 0 Å². The molecule has 0 fully saturated rings. The fourth-order valence-corrected chi connectivity index (χ4v) is 22.6. The summed E-state index contributed by atoms with van der Waals surface area (Å²) in [6.45, 7) is 5.12. The van der Waals surface area contributed by atoms with E-state index in [1.807, 2.05) is 0 Å². The predicted molar refractivity (Wildman–Crippen MR) is 93.9 cm³/mol. The zero-order valence-electron chi connectivity index (χ0n) is 13.1. The third kappa shape index (κ3) is 2.37. The molecule has 0 spiro atoms. The van der Waals surface area contributed by atoms with Crippen molar-refractivity contribution in [1.29, 1.82) is 0 Å². The molecule has 2 unspecified atom stereocenters. The summed E-state index contributed by atoms with van der Waals surface area (Å²) in [7, 11) is 0. The number of fused-ring (bicyclic) bond motifs is 2. The van der Waals surface area contributed by atoms with E-state index in [1.165, 1.54) is 11.1 Å². The fraction of sp³-hybridized carbons (Fsp3) is 0.200. The van der Waals surface area contributed by atoms with Crippen LogP contribution in [0.4, 0.5) is 0 Å². The molecule has 22 heavy (non-hydrogen) atoms. The maximum absolute atomic E-state index is 2.56. The maximum atomic E-state index is 2.56. The third-order valence-corrected chi connectivity index (χ3v) is 24.0. The summed E-state index contributed by atoms with van der Waals surface area (Å²) in [4.78, 5) is 0. The van der Waals surface area contributed by atoms with Crippen molar-refractivity contribution in [2.45, 2.75) is 20.3 Å². The Morgan fingerprint density at radius 2 is 1.18 bits per heavy atom. The molecular formula is C20H20SiZr. The molecule has 2 aromatic rings. The SMILES string of the molecule is C[Si](C)=[Zr]([CH]1C=Cc2ccccc21)[CH]1C=Cc2ccccc21. The van der Waals surface area contributed by atoms with Crippen LogP contribution in [0, 0.1) is 0 Å². The molecule has 0 nitrogen and oxygen atoms in total. The van der Waals surface area contributed by atoms with Crippen molar-refractivity contribution < 1.29 is 20.4 Å². The van der Waals surface area contributed by atoms with Crippen LogP contribution in [-0.2, 0) is 20.4 Å². The Balaban J connectivity index is 1.82. The molecule has 0 amide bonds. The molecule has 2 heteroatoms. The van der Waals surface area contributed by atoms with Crippen molar-refractivity contribution in [1.82, 2.24) is 0 Å². The molecule has 0 saturated carbocycles. The normalized spacial score (nSPS) is 20.8. The van der Waals surface area contributed by atoms with Gasteiger partial charge >= 0.3 is 141 Å². The molecule has 0 aromatic heterocycles. The molecule has 2 atom stereocenters. The Labute approximate surface area is 140 Å². The number of hydrogen-bond donors (Lipinski definition) is 0. The summed E-state index contributed by atoms with van der Waals surface area (Å²) in [6, 6.07) is 18.1. The quantitative estimate of drug-likeness (QED) is 0.614. The van der Waals surface area contributed by atoms with E-state index in [9.17, 15) is 0 Å². The molecule has 0 radical (unpaired) electrons. The number of benzene rings is 2. The van der Waals surface area contributed by atoms with Crippen LogP contribution in [0.3, 0.4) is 0 Å². The van der Waals surface area contributed by atoms with Crippen LogP contribution >= 0.6 is 0 Å². The van der Waals surface area contributed by atoms with Crippen molar-refractivity contribution in [2.75, 3.05) is 0 Å². The van der Waals surface area contributed by atoms with Crippen LogP contribution < -0.4 is 0 Å². The fourth-order valence-electron chi connectivity index (χ4n) is 3.86. The van der Waals surface area contributed by atoms with Gasteiger partial charge in [-0.05, 0) is 0 Å². The van der Waals surface area contributed by atoms with Crippen LogP contribution in [0.25, 0.3) is 12.2 Å². The monoisotopic (exact) mass is 378 g/mol. The van der Waals surface area contributed by atoms with Gasteiger partial charge in [0, 0.05) is 0 Å². The minimum atomic E-state index is -1.65. The zero-order chi connectivity index (χ0) is 15.1. The van der Waals surface area contributed by atoms with Crippen LogP contribution in [0.1, 0.15) is 29.5 Å². The first kappa shape index (κ1) is 14.6. The number of rotatable bonds is 2. The number of hydrogen-bond acceptors (Lipinski definition) is 0. The van der Waals surface area contributed by atoms with E-state index in [-0.39, 0.29) is 5.43 Å². The topological polar surface area (TPSA) is 0 Å². The van der Waals surface area contributed by atoms with Crippen LogP contribution in [0.5, 0.6) is 0 Å². The summed E-state index contributed by atoms with van der Waals surface area (Å²) in [5.74, 6) is 0. The van der Waals surface area contributed by atoms with Crippen molar-refractivity contribution in [3.8, 4) is 0 Å². The summed E-state index contributed by atoms with van der Waals surface area (Å²) in [6.07, 6.45) is 9.81. The van der Waals surface area contributed by atoms with Gasteiger partial charge in [-0.2, -0.15) is 0 Å². The summed E-state index contributed by atoms with van der Waals surface area (Å²) in [5.41, 5.74) is 5.92. The number of allylic oxidation sites excluding steroid dienone is 2. The second-order valence-corrected chi connectivity index (χ2v) is 24.5. The Morgan fingerprint density at radius 3 is 1.64 bits per heavy atom. The van der Waals surface area contributed by atoms with Gasteiger partial charge in [-0.1, -0.05) is 0 Å². The molecule has 2 aliphatic rings. The molecule has 0 aliphatic heterocycles. The molecule has 2 aromatic carbocycles. The van der Waals surface area contributed by atoms with Gasteiger partial charge in [-0.3, -0.25) is 0 Å². The Hall–Kier alpha value is -0.980. The second-order valence-electron chi connectivity index (χ2n) is 6.39. The molecular weight excluding hydrogens is 360 g/mol. The van der Waals surface area contributed by atoms with Crippen molar-refractivity contribution in [3.63, 3.8) is 0 Å². The third-order valence-electron chi connectivity index (χ3n) is 4.85. The molecule has 0 bridgehead atoms. The minimum absolute atomic E-state index is 0.228. The van der Waals surface area contributed by atoms with E-state index >= 15 is 0 Å². The van der Waals surface area contributed by atoms with Gasteiger partial charge in [0.05, 0.1) is 0 Å². The van der Waals surface area contributed by atoms with Crippen LogP contribution in [-0.4, -0.2) is 5.43 Å². The van der Waals surface area contributed by atoms with Crippen LogP contribution in [0.2, 0.25) is 13.1 Å².